The summed E-state index contributed by atoms with van der Waals surface area (Å²) in [7, 11) is 3.54. The summed E-state index contributed by atoms with van der Waals surface area (Å²) in [4.78, 5) is 4.60. The summed E-state index contributed by atoms with van der Waals surface area (Å²) in [5.74, 6) is 0.841. The van der Waals surface area contributed by atoms with Gasteiger partial charge in [0.15, 0.2) is 0 Å². The van der Waals surface area contributed by atoms with E-state index in [0.717, 1.165) is 37.3 Å². The van der Waals surface area contributed by atoms with Crippen LogP contribution >= 0.6 is 0 Å². The zero-order chi connectivity index (χ0) is 15.1. The summed E-state index contributed by atoms with van der Waals surface area (Å²) >= 11 is 0. The highest BCUT2D eigenvalue weighted by Gasteiger charge is 2.42. The molecule has 0 spiro atoms. The van der Waals surface area contributed by atoms with Gasteiger partial charge < -0.3 is 14.8 Å². The van der Waals surface area contributed by atoms with Crippen molar-refractivity contribution in [1.29, 1.82) is 0 Å². The number of rotatable bonds is 7. The Kier molecular flexibility index (Phi) is 6.00. The standard InChI is InChI=1S/C17H28N2O2/c1-4-12-19-16(15-14(20-2)9-8-13-18-15)17(21-3)10-6-5-7-11-17/h8-9,13,16,19H,4-7,10-12H2,1-3H3. The minimum Gasteiger partial charge on any atom is -0.495 e. The largest absolute Gasteiger partial charge is 0.495 e. The predicted molar refractivity (Wildman–Crippen MR) is 84.6 cm³/mol. The normalized spacial score (nSPS) is 19.2. The van der Waals surface area contributed by atoms with Crippen LogP contribution in [0.3, 0.4) is 0 Å². The van der Waals surface area contributed by atoms with Crippen molar-refractivity contribution in [3.63, 3.8) is 0 Å². The van der Waals surface area contributed by atoms with Crippen molar-refractivity contribution in [1.82, 2.24) is 10.3 Å². The Morgan fingerprint density at radius 3 is 2.67 bits per heavy atom. The first-order valence-electron chi connectivity index (χ1n) is 8.05. The van der Waals surface area contributed by atoms with E-state index in [9.17, 15) is 0 Å². The molecule has 0 radical (unpaired) electrons. The average Bonchev–Trinajstić information content (AvgIpc) is 2.56. The minimum absolute atomic E-state index is 0.0823. The lowest BCUT2D eigenvalue weighted by molar-refractivity contribution is -0.0701. The molecule has 0 aromatic carbocycles. The number of hydrogen-bond acceptors (Lipinski definition) is 4. The van der Waals surface area contributed by atoms with Gasteiger partial charge in [-0.3, -0.25) is 4.98 Å². The van der Waals surface area contributed by atoms with Crippen molar-refractivity contribution in [2.45, 2.75) is 57.1 Å². The lowest BCUT2D eigenvalue weighted by atomic mass is 9.77. The van der Waals surface area contributed by atoms with Crippen molar-refractivity contribution >= 4 is 0 Å². The molecule has 0 amide bonds. The predicted octanol–water partition coefficient (Wildman–Crippen LogP) is 3.48. The van der Waals surface area contributed by atoms with E-state index >= 15 is 0 Å². The van der Waals surface area contributed by atoms with E-state index in [1.54, 1.807) is 7.11 Å². The van der Waals surface area contributed by atoms with Gasteiger partial charge in [0.2, 0.25) is 0 Å². The summed E-state index contributed by atoms with van der Waals surface area (Å²) in [5.41, 5.74) is 0.798. The fourth-order valence-corrected chi connectivity index (χ4v) is 3.37. The van der Waals surface area contributed by atoms with Crippen molar-refractivity contribution in [2.24, 2.45) is 0 Å². The van der Waals surface area contributed by atoms with Crippen molar-refractivity contribution in [3.05, 3.63) is 24.0 Å². The van der Waals surface area contributed by atoms with Gasteiger partial charge in [0, 0.05) is 13.3 Å². The van der Waals surface area contributed by atoms with Crippen LogP contribution in [0.1, 0.15) is 57.2 Å². The fraction of sp³-hybridized carbons (Fsp3) is 0.706. The maximum atomic E-state index is 6.03. The minimum atomic E-state index is -0.172. The van der Waals surface area contributed by atoms with Crippen molar-refractivity contribution in [2.75, 3.05) is 20.8 Å². The van der Waals surface area contributed by atoms with Crippen LogP contribution in [0.25, 0.3) is 0 Å². The van der Waals surface area contributed by atoms with Crippen LogP contribution < -0.4 is 10.1 Å². The number of nitrogens with zero attached hydrogens (tertiary/aromatic N) is 1. The molecule has 1 heterocycles. The average molecular weight is 292 g/mol. The number of hydrogen-bond donors (Lipinski definition) is 1. The first kappa shape index (κ1) is 16.2. The van der Waals surface area contributed by atoms with Gasteiger partial charge in [-0.2, -0.15) is 0 Å². The van der Waals surface area contributed by atoms with Crippen LogP contribution in [0.4, 0.5) is 0 Å². The van der Waals surface area contributed by atoms with Crippen molar-refractivity contribution in [3.8, 4) is 5.75 Å². The van der Waals surface area contributed by atoms with Crippen LogP contribution in [0.5, 0.6) is 5.75 Å². The van der Waals surface area contributed by atoms with Gasteiger partial charge in [0.05, 0.1) is 18.8 Å². The second-order valence-electron chi connectivity index (χ2n) is 5.81. The molecule has 4 nitrogen and oxygen atoms in total. The van der Waals surface area contributed by atoms with Gasteiger partial charge >= 0.3 is 0 Å². The molecule has 1 atom stereocenters. The van der Waals surface area contributed by atoms with Gasteiger partial charge in [-0.1, -0.05) is 26.2 Å². The Balaban J connectivity index is 2.36. The van der Waals surface area contributed by atoms with Crippen LogP contribution in [0.2, 0.25) is 0 Å². The molecule has 0 bridgehead atoms. The topological polar surface area (TPSA) is 43.4 Å². The first-order chi connectivity index (χ1) is 10.3. The zero-order valence-electron chi connectivity index (χ0n) is 13.5. The number of methoxy groups -OCH3 is 2. The van der Waals surface area contributed by atoms with Gasteiger partial charge in [-0.15, -0.1) is 0 Å². The van der Waals surface area contributed by atoms with E-state index in [1.165, 1.54) is 19.3 Å². The third kappa shape index (κ3) is 3.55. The number of nitrogens with one attached hydrogen (secondary N) is 1. The van der Waals surface area contributed by atoms with E-state index < -0.39 is 0 Å². The second kappa shape index (κ2) is 7.76. The summed E-state index contributed by atoms with van der Waals surface area (Å²) in [5, 5.41) is 3.65. The Hall–Kier alpha value is -1.13. The van der Waals surface area contributed by atoms with Crippen LogP contribution in [0, 0.1) is 0 Å². The highest BCUT2D eigenvalue weighted by Crippen LogP contribution is 2.42. The van der Waals surface area contributed by atoms with E-state index in [0.29, 0.717) is 0 Å². The van der Waals surface area contributed by atoms with Crippen LogP contribution in [-0.4, -0.2) is 31.3 Å². The molecular weight excluding hydrogens is 264 g/mol. The lowest BCUT2D eigenvalue weighted by Gasteiger charge is -2.42. The van der Waals surface area contributed by atoms with Gasteiger partial charge in [0.25, 0.3) is 0 Å². The molecule has 1 N–H and O–H groups in total. The Bertz CT molecular complexity index is 431. The molecule has 1 aromatic rings. The van der Waals surface area contributed by atoms with Crippen LogP contribution in [0.15, 0.2) is 18.3 Å². The molecule has 0 saturated heterocycles. The van der Waals surface area contributed by atoms with Gasteiger partial charge in [-0.25, -0.2) is 0 Å². The van der Waals surface area contributed by atoms with E-state index in [-0.39, 0.29) is 11.6 Å². The highest BCUT2D eigenvalue weighted by atomic mass is 16.5. The van der Waals surface area contributed by atoms with Crippen LogP contribution in [-0.2, 0) is 4.74 Å². The fourth-order valence-electron chi connectivity index (χ4n) is 3.37. The summed E-state index contributed by atoms with van der Waals surface area (Å²) in [6, 6.07) is 3.98. The van der Waals surface area contributed by atoms with E-state index in [2.05, 4.69) is 17.2 Å². The molecule has 118 valence electrons. The summed E-state index contributed by atoms with van der Waals surface area (Å²) < 4.78 is 11.6. The van der Waals surface area contributed by atoms with E-state index in [1.807, 2.05) is 25.4 Å². The third-order valence-electron chi connectivity index (χ3n) is 4.52. The number of pyridine rings is 1. The monoisotopic (exact) mass is 292 g/mol. The summed E-state index contributed by atoms with van der Waals surface area (Å²) in [6.07, 6.45) is 8.80. The van der Waals surface area contributed by atoms with Crippen molar-refractivity contribution < 1.29 is 9.47 Å². The number of aromatic nitrogens is 1. The molecule has 1 unspecified atom stereocenters. The molecule has 21 heavy (non-hydrogen) atoms. The Morgan fingerprint density at radius 1 is 1.29 bits per heavy atom. The molecule has 0 aliphatic heterocycles. The molecule has 1 aromatic heterocycles. The molecule has 2 rings (SSSR count). The SMILES string of the molecule is CCCNC(c1ncccc1OC)C1(OC)CCCCC1. The van der Waals surface area contributed by atoms with Gasteiger partial charge in [-0.05, 0) is 37.9 Å². The zero-order valence-corrected chi connectivity index (χ0v) is 13.5. The Morgan fingerprint density at radius 2 is 2.05 bits per heavy atom. The maximum absolute atomic E-state index is 6.03. The molecular formula is C17H28N2O2. The number of ether oxygens (including phenoxy) is 2. The lowest BCUT2D eigenvalue weighted by Crippen LogP contribution is -2.47. The molecule has 4 heteroatoms. The van der Waals surface area contributed by atoms with E-state index in [4.69, 9.17) is 9.47 Å². The molecule has 1 fully saturated rings. The summed E-state index contributed by atoms with van der Waals surface area (Å²) in [6.45, 7) is 3.13. The smallest absolute Gasteiger partial charge is 0.142 e. The van der Waals surface area contributed by atoms with Gasteiger partial charge in [0.1, 0.15) is 11.4 Å². The quantitative estimate of drug-likeness (QED) is 0.835. The second-order valence-corrected chi connectivity index (χ2v) is 5.81. The highest BCUT2D eigenvalue weighted by molar-refractivity contribution is 5.31. The molecule has 1 aliphatic rings. The first-order valence-corrected chi connectivity index (χ1v) is 8.05. The molecule has 1 aliphatic carbocycles. The maximum Gasteiger partial charge on any atom is 0.142 e. The third-order valence-corrected chi connectivity index (χ3v) is 4.52. The Labute approximate surface area is 128 Å². The molecule has 1 saturated carbocycles.